The van der Waals surface area contributed by atoms with E-state index < -0.39 is 0 Å². The summed E-state index contributed by atoms with van der Waals surface area (Å²) in [6, 6.07) is 70.4. The van der Waals surface area contributed by atoms with Crippen molar-refractivity contribution < 1.29 is 0 Å². The molecule has 332 valence electrons. The maximum Gasteiger partial charge on any atom is 0.0465 e. The molecule has 0 bridgehead atoms. The van der Waals surface area contributed by atoms with Gasteiger partial charge in [-0.25, -0.2) is 0 Å². The molecule has 0 aliphatic heterocycles. The quantitative estimate of drug-likeness (QED) is 0.0626. The number of nitrogens with zero attached hydrogens (tertiary/aromatic N) is 1. The number of hydrogen-bond donors (Lipinski definition) is 1. The minimum absolute atomic E-state index is 0.0959. The predicted octanol–water partition coefficient (Wildman–Crippen LogP) is 18.2. The average molecular weight is 880 g/mol. The topological polar surface area (TPSA) is 3.24 Å². The number of rotatable bonds is 19. The summed E-state index contributed by atoms with van der Waals surface area (Å²) in [5.74, 6) is 1.02. The van der Waals surface area contributed by atoms with Crippen LogP contribution in [0.4, 0.5) is 17.1 Å². The Kier molecular flexibility index (Phi) is 14.4. The van der Waals surface area contributed by atoms with Gasteiger partial charge in [0.05, 0.1) is 0 Å². The maximum atomic E-state index is 4.34. The fourth-order valence-electron chi connectivity index (χ4n) is 10.3. The van der Waals surface area contributed by atoms with E-state index in [1.807, 2.05) is 0 Å². The third kappa shape index (κ3) is 10.2. The lowest BCUT2D eigenvalue weighted by Gasteiger charge is -2.28. The third-order valence-corrected chi connectivity index (χ3v) is 14.5. The zero-order valence-electron chi connectivity index (χ0n) is 39.3. The Labute approximate surface area is 401 Å². The first-order valence-corrected chi connectivity index (χ1v) is 25.2. The van der Waals surface area contributed by atoms with Crippen LogP contribution in [0.25, 0.3) is 44.5 Å². The lowest BCUT2D eigenvalue weighted by atomic mass is 9.82. The van der Waals surface area contributed by atoms with Gasteiger partial charge in [-0.1, -0.05) is 198 Å². The molecule has 0 radical (unpaired) electrons. The zero-order valence-corrected chi connectivity index (χ0v) is 40.2. The highest BCUT2D eigenvalue weighted by atomic mass is 32.1. The fraction of sp³-hybridized carbons (Fsp3) is 0.250. The van der Waals surface area contributed by atoms with Crippen molar-refractivity contribution in [3.63, 3.8) is 0 Å². The number of hydrogen-bond acceptors (Lipinski definition) is 2. The molecule has 1 aliphatic rings. The van der Waals surface area contributed by atoms with E-state index in [4.69, 9.17) is 0 Å². The van der Waals surface area contributed by atoms with Crippen LogP contribution in [-0.4, -0.2) is 5.75 Å². The normalized spacial score (nSPS) is 12.5. The van der Waals surface area contributed by atoms with Gasteiger partial charge in [0.25, 0.3) is 0 Å². The predicted molar refractivity (Wildman–Crippen MR) is 288 cm³/mol. The molecule has 1 aliphatic carbocycles. The summed E-state index contributed by atoms with van der Waals surface area (Å²) in [7, 11) is 0. The Morgan fingerprint density at radius 1 is 0.379 bits per heavy atom. The summed E-state index contributed by atoms with van der Waals surface area (Å²) in [4.78, 5) is 2.43. The van der Waals surface area contributed by atoms with Gasteiger partial charge in [0.1, 0.15) is 0 Å². The molecule has 0 fully saturated rings. The van der Waals surface area contributed by atoms with Gasteiger partial charge in [-0.3, -0.25) is 0 Å². The van der Waals surface area contributed by atoms with Gasteiger partial charge in [-0.15, -0.1) is 0 Å². The molecule has 0 saturated carbocycles. The molecule has 0 atom stereocenters. The number of fused-ring (bicyclic) bond motifs is 3. The maximum absolute atomic E-state index is 4.34. The minimum atomic E-state index is -0.0959. The highest BCUT2D eigenvalue weighted by Crippen LogP contribution is 2.50. The monoisotopic (exact) mass is 879 g/mol. The molecule has 1 nitrogen and oxygen atoms in total. The second kappa shape index (κ2) is 21.0. The van der Waals surface area contributed by atoms with Crippen LogP contribution in [0.15, 0.2) is 188 Å². The third-order valence-electron chi connectivity index (χ3n) is 14.1. The summed E-state index contributed by atoms with van der Waals surface area (Å²) >= 11 is 4.34. The zero-order chi connectivity index (χ0) is 45.3. The van der Waals surface area contributed by atoms with Crippen molar-refractivity contribution in [1.29, 1.82) is 0 Å². The number of benzene rings is 8. The molecule has 8 aromatic carbocycles. The van der Waals surface area contributed by atoms with E-state index in [2.05, 4.69) is 226 Å². The van der Waals surface area contributed by atoms with Gasteiger partial charge in [0, 0.05) is 22.5 Å². The average Bonchev–Trinajstić information content (AvgIpc) is 3.59. The molecule has 0 N–H and O–H groups in total. The highest BCUT2D eigenvalue weighted by Gasteiger charge is 2.35. The second-order valence-electron chi connectivity index (χ2n) is 19.0. The molecule has 2 heteroatoms. The van der Waals surface area contributed by atoms with Gasteiger partial charge >= 0.3 is 0 Å². The van der Waals surface area contributed by atoms with E-state index in [9.17, 15) is 0 Å². The Bertz CT molecular complexity index is 2840. The Hall–Kier alpha value is -6.09. The summed E-state index contributed by atoms with van der Waals surface area (Å²) in [5, 5.41) is 0. The number of unbranched alkanes of at least 4 members (excludes halogenated alkanes) is 7. The molecular formula is C64H65NS. The van der Waals surface area contributed by atoms with Gasteiger partial charge < -0.3 is 4.90 Å². The van der Waals surface area contributed by atoms with Crippen LogP contribution in [-0.2, 0) is 24.7 Å². The van der Waals surface area contributed by atoms with Crippen LogP contribution in [0.1, 0.15) is 98.6 Å². The Morgan fingerprint density at radius 2 is 0.894 bits per heavy atom. The van der Waals surface area contributed by atoms with Gasteiger partial charge in [0.2, 0.25) is 0 Å². The van der Waals surface area contributed by atoms with Crippen molar-refractivity contribution in [2.75, 3.05) is 10.7 Å². The lowest BCUT2D eigenvalue weighted by Crippen LogP contribution is -2.16. The van der Waals surface area contributed by atoms with Gasteiger partial charge in [-0.2, -0.15) is 12.6 Å². The molecular weight excluding hydrogens is 815 g/mol. The molecule has 0 spiro atoms. The molecule has 66 heavy (non-hydrogen) atoms. The van der Waals surface area contributed by atoms with Crippen LogP contribution >= 0.6 is 12.6 Å². The van der Waals surface area contributed by atoms with E-state index in [0.29, 0.717) is 0 Å². The SMILES string of the molecule is Cc1ccccc1-c1cc(-c2ccc(N(c3ccc(-c4ccc(CCCCCCCCCCS)cc4)cc3)c3ccc4c(c3)C(C)(C)c3ccccc3-4)cc2)ccc1CCc1ccccc1. The highest BCUT2D eigenvalue weighted by molar-refractivity contribution is 7.80. The first-order chi connectivity index (χ1) is 32.4. The summed E-state index contributed by atoms with van der Waals surface area (Å²) < 4.78 is 0. The van der Waals surface area contributed by atoms with Crippen LogP contribution in [0.3, 0.4) is 0 Å². The van der Waals surface area contributed by atoms with E-state index in [1.165, 1.54) is 129 Å². The van der Waals surface area contributed by atoms with Crippen molar-refractivity contribution in [2.45, 2.75) is 96.8 Å². The van der Waals surface area contributed by atoms with E-state index in [1.54, 1.807) is 0 Å². The Balaban J connectivity index is 0.987. The van der Waals surface area contributed by atoms with E-state index in [-0.39, 0.29) is 5.41 Å². The molecule has 0 aromatic heterocycles. The summed E-state index contributed by atoms with van der Waals surface area (Å²) in [5.41, 5.74) is 21.8. The van der Waals surface area contributed by atoms with Gasteiger partial charge in [0.15, 0.2) is 0 Å². The number of aryl methyl sites for hydroxylation is 4. The smallest absolute Gasteiger partial charge is 0.0465 e. The lowest BCUT2D eigenvalue weighted by molar-refractivity contribution is 0.577. The number of thiol groups is 1. The van der Waals surface area contributed by atoms with Crippen molar-refractivity contribution in [3.05, 3.63) is 221 Å². The molecule has 0 saturated heterocycles. The van der Waals surface area contributed by atoms with Crippen LogP contribution < -0.4 is 4.90 Å². The van der Waals surface area contributed by atoms with Crippen molar-refractivity contribution in [2.24, 2.45) is 0 Å². The Morgan fingerprint density at radius 3 is 1.56 bits per heavy atom. The van der Waals surface area contributed by atoms with Crippen molar-refractivity contribution in [3.8, 4) is 44.5 Å². The second-order valence-corrected chi connectivity index (χ2v) is 19.4. The largest absolute Gasteiger partial charge is 0.310 e. The van der Waals surface area contributed by atoms with Crippen LogP contribution in [0.2, 0.25) is 0 Å². The van der Waals surface area contributed by atoms with Crippen molar-refractivity contribution in [1.82, 2.24) is 0 Å². The van der Waals surface area contributed by atoms with Crippen LogP contribution in [0.5, 0.6) is 0 Å². The van der Waals surface area contributed by atoms with E-state index in [0.717, 1.165) is 42.1 Å². The van der Waals surface area contributed by atoms with Gasteiger partial charge in [-0.05, 0) is 165 Å². The first kappa shape index (κ1) is 45.1. The summed E-state index contributed by atoms with van der Waals surface area (Å²) in [6.45, 7) is 6.96. The minimum Gasteiger partial charge on any atom is -0.310 e. The fourth-order valence-corrected chi connectivity index (χ4v) is 10.5. The molecule has 8 aromatic rings. The molecule has 0 amide bonds. The first-order valence-electron chi connectivity index (χ1n) is 24.6. The van der Waals surface area contributed by atoms with Crippen LogP contribution in [0, 0.1) is 6.92 Å². The standard InChI is InChI=1S/C64H65NS/c1-47-19-14-15-23-58(47)61-45-54(33-32-53(61)31-28-48-20-12-10-13-21-48)52-36-40-56(41-37-52)65(57-42-43-60-59-24-16-17-25-62(59)64(2,3)63(60)46-57)55-38-34-51(35-39-55)50-29-26-49(27-30-50)22-11-8-6-4-5-7-9-18-44-66/h10,12-17,19-21,23-27,29-30,32-43,45-46,66H,4-9,11,18,22,28,31,44H2,1-3H3. The van der Waals surface area contributed by atoms with Crippen molar-refractivity contribution >= 4 is 29.7 Å². The summed E-state index contributed by atoms with van der Waals surface area (Å²) in [6.07, 6.45) is 13.8. The molecule has 0 unspecified atom stereocenters. The molecule has 0 heterocycles. The van der Waals surface area contributed by atoms with E-state index >= 15 is 0 Å². The number of anilines is 3. The molecule has 9 rings (SSSR count).